The lowest BCUT2D eigenvalue weighted by Gasteiger charge is -2.13. The summed E-state index contributed by atoms with van der Waals surface area (Å²) in [4.78, 5) is 12.2. The Morgan fingerprint density at radius 1 is 1.21 bits per heavy atom. The van der Waals surface area contributed by atoms with Crippen LogP contribution in [-0.2, 0) is 14.8 Å². The number of hydrogen-bond donors (Lipinski definition) is 2. The molecule has 1 aliphatic heterocycles. The fourth-order valence-electron chi connectivity index (χ4n) is 2.50. The molecule has 0 unspecified atom stereocenters. The average molecular weight is 393 g/mol. The molecule has 1 saturated heterocycles. The summed E-state index contributed by atoms with van der Waals surface area (Å²) in [6, 6.07) is 2.45. The molecule has 2 aliphatic rings. The molecule has 132 valence electrons. The largest absolute Gasteiger partial charge is 0.376 e. The zero-order valence-corrected chi connectivity index (χ0v) is 15.2. The lowest BCUT2D eigenvalue weighted by Crippen LogP contribution is -2.32. The molecule has 6 nitrogen and oxygen atoms in total. The van der Waals surface area contributed by atoms with E-state index in [0.29, 0.717) is 13.2 Å². The van der Waals surface area contributed by atoms with E-state index < -0.39 is 15.9 Å². The molecular weight excluding hydrogens is 375 g/mol. The summed E-state index contributed by atoms with van der Waals surface area (Å²) in [6.45, 7) is 1.05. The van der Waals surface area contributed by atoms with Gasteiger partial charge in [-0.05, 0) is 37.8 Å². The van der Waals surface area contributed by atoms with Crippen LogP contribution in [0.1, 0.15) is 36.0 Å². The number of carbonyl (C=O) groups is 1. The Balaban J connectivity index is 1.79. The van der Waals surface area contributed by atoms with Crippen molar-refractivity contribution in [3.63, 3.8) is 0 Å². The van der Waals surface area contributed by atoms with Crippen LogP contribution >= 0.6 is 23.2 Å². The highest BCUT2D eigenvalue weighted by molar-refractivity contribution is 7.89. The maximum Gasteiger partial charge on any atom is 0.252 e. The Labute approximate surface area is 150 Å². The van der Waals surface area contributed by atoms with E-state index in [-0.39, 0.29) is 32.7 Å². The first-order valence-corrected chi connectivity index (χ1v) is 10.0. The molecule has 1 atom stereocenters. The third kappa shape index (κ3) is 4.21. The van der Waals surface area contributed by atoms with Gasteiger partial charge in [0.1, 0.15) is 4.90 Å². The minimum absolute atomic E-state index is 0.0103. The quantitative estimate of drug-likeness (QED) is 0.777. The van der Waals surface area contributed by atoms with Gasteiger partial charge >= 0.3 is 0 Å². The molecule has 0 aromatic heterocycles. The first-order chi connectivity index (χ1) is 11.4. The van der Waals surface area contributed by atoms with E-state index in [1.54, 1.807) is 0 Å². The first-order valence-electron chi connectivity index (χ1n) is 7.78. The van der Waals surface area contributed by atoms with Crippen LogP contribution in [0.3, 0.4) is 0 Å². The van der Waals surface area contributed by atoms with E-state index >= 15 is 0 Å². The van der Waals surface area contributed by atoms with E-state index in [1.807, 2.05) is 0 Å². The zero-order chi connectivity index (χ0) is 17.3. The SMILES string of the molecule is O=C(NC[C@H]1CCCO1)c1cc(S(=O)(=O)NC2CC2)c(Cl)cc1Cl. The lowest BCUT2D eigenvalue weighted by molar-refractivity contribution is 0.0857. The number of rotatable bonds is 6. The van der Waals surface area contributed by atoms with Crippen LogP contribution in [-0.4, -0.2) is 39.6 Å². The number of carbonyl (C=O) groups excluding carboxylic acids is 1. The molecule has 1 amide bonds. The standard InChI is InChI=1S/C15H18Cl2N2O4S/c16-12-7-13(17)14(24(21,22)19-9-3-4-9)6-11(12)15(20)18-8-10-2-1-5-23-10/h6-7,9-10,19H,1-5,8H2,(H,18,20)/t10-/m1/s1. The monoisotopic (exact) mass is 392 g/mol. The van der Waals surface area contributed by atoms with Gasteiger partial charge in [-0.3, -0.25) is 4.79 Å². The van der Waals surface area contributed by atoms with E-state index in [0.717, 1.165) is 25.7 Å². The molecule has 1 aromatic carbocycles. The summed E-state index contributed by atoms with van der Waals surface area (Å²) in [7, 11) is -3.78. The van der Waals surface area contributed by atoms with Gasteiger partial charge in [0.05, 0.1) is 21.7 Å². The fraction of sp³-hybridized carbons (Fsp3) is 0.533. The highest BCUT2D eigenvalue weighted by Crippen LogP contribution is 2.30. The maximum absolute atomic E-state index is 12.4. The summed E-state index contributed by atoms with van der Waals surface area (Å²) < 4.78 is 32.7. The number of hydrogen-bond acceptors (Lipinski definition) is 4. The second-order valence-electron chi connectivity index (χ2n) is 6.00. The molecule has 3 rings (SSSR count). The smallest absolute Gasteiger partial charge is 0.252 e. The van der Waals surface area contributed by atoms with Crippen molar-refractivity contribution in [1.29, 1.82) is 0 Å². The van der Waals surface area contributed by atoms with Gasteiger partial charge in [0.25, 0.3) is 5.91 Å². The van der Waals surface area contributed by atoms with Gasteiger partial charge in [-0.2, -0.15) is 0 Å². The Hall–Kier alpha value is -0.860. The zero-order valence-electron chi connectivity index (χ0n) is 12.8. The minimum atomic E-state index is -3.78. The second-order valence-corrected chi connectivity index (χ2v) is 8.50. The Morgan fingerprint density at radius 2 is 1.96 bits per heavy atom. The molecule has 24 heavy (non-hydrogen) atoms. The molecule has 1 saturated carbocycles. The van der Waals surface area contributed by atoms with Gasteiger partial charge in [0, 0.05) is 19.2 Å². The third-order valence-electron chi connectivity index (χ3n) is 3.97. The summed E-state index contributed by atoms with van der Waals surface area (Å²) >= 11 is 12.1. The molecular formula is C15H18Cl2N2O4S. The first kappa shape index (κ1) is 17.9. The van der Waals surface area contributed by atoms with Crippen LogP contribution < -0.4 is 10.0 Å². The maximum atomic E-state index is 12.4. The van der Waals surface area contributed by atoms with E-state index in [1.165, 1.54) is 12.1 Å². The van der Waals surface area contributed by atoms with Gasteiger partial charge < -0.3 is 10.1 Å². The average Bonchev–Trinajstić information content (AvgIpc) is 3.15. The van der Waals surface area contributed by atoms with Crippen molar-refractivity contribution in [3.8, 4) is 0 Å². The molecule has 0 bridgehead atoms. The van der Waals surface area contributed by atoms with E-state index in [9.17, 15) is 13.2 Å². The summed E-state index contributed by atoms with van der Waals surface area (Å²) in [5, 5.41) is 2.82. The fourth-order valence-corrected chi connectivity index (χ4v) is 4.66. The molecule has 1 aromatic rings. The van der Waals surface area contributed by atoms with Gasteiger partial charge in [-0.1, -0.05) is 23.2 Å². The second kappa shape index (κ2) is 7.17. The van der Waals surface area contributed by atoms with Crippen LogP contribution in [0.15, 0.2) is 17.0 Å². The molecule has 1 aliphatic carbocycles. The van der Waals surface area contributed by atoms with Crippen molar-refractivity contribution in [2.24, 2.45) is 0 Å². The van der Waals surface area contributed by atoms with Crippen molar-refractivity contribution in [3.05, 3.63) is 27.7 Å². The summed E-state index contributed by atoms with van der Waals surface area (Å²) in [5.41, 5.74) is 0.0789. The predicted molar refractivity (Wildman–Crippen MR) is 91.1 cm³/mol. The molecule has 9 heteroatoms. The number of sulfonamides is 1. The predicted octanol–water partition coefficient (Wildman–Crippen LogP) is 2.34. The normalized spacial score (nSPS) is 21.0. The number of benzene rings is 1. The third-order valence-corrected chi connectivity index (χ3v) is 6.27. The minimum Gasteiger partial charge on any atom is -0.376 e. The van der Waals surface area contributed by atoms with Crippen LogP contribution in [0.5, 0.6) is 0 Å². The molecule has 0 radical (unpaired) electrons. The molecule has 2 fully saturated rings. The van der Waals surface area contributed by atoms with Gasteiger partial charge in [0.2, 0.25) is 10.0 Å². The van der Waals surface area contributed by atoms with E-state index in [4.69, 9.17) is 27.9 Å². The van der Waals surface area contributed by atoms with Crippen LogP contribution in [0.4, 0.5) is 0 Å². The van der Waals surface area contributed by atoms with Crippen LogP contribution in [0.2, 0.25) is 10.0 Å². The van der Waals surface area contributed by atoms with Gasteiger partial charge in [-0.25, -0.2) is 13.1 Å². The topological polar surface area (TPSA) is 84.5 Å². The van der Waals surface area contributed by atoms with Crippen molar-refractivity contribution in [1.82, 2.24) is 10.0 Å². The molecule has 1 heterocycles. The van der Waals surface area contributed by atoms with E-state index in [2.05, 4.69) is 10.0 Å². The number of halogens is 2. The summed E-state index contributed by atoms with van der Waals surface area (Å²) in [6.07, 6.45) is 3.45. The van der Waals surface area contributed by atoms with Crippen molar-refractivity contribution < 1.29 is 17.9 Å². The highest BCUT2D eigenvalue weighted by atomic mass is 35.5. The molecule has 2 N–H and O–H groups in total. The number of nitrogens with one attached hydrogen (secondary N) is 2. The number of ether oxygens (including phenoxy) is 1. The highest BCUT2D eigenvalue weighted by Gasteiger charge is 2.30. The molecule has 0 spiro atoms. The Bertz CT molecular complexity index is 744. The number of amides is 1. The van der Waals surface area contributed by atoms with Crippen molar-refractivity contribution in [2.75, 3.05) is 13.2 Å². The van der Waals surface area contributed by atoms with Crippen LogP contribution in [0.25, 0.3) is 0 Å². The Kier molecular flexibility index (Phi) is 5.36. The van der Waals surface area contributed by atoms with Crippen molar-refractivity contribution in [2.45, 2.75) is 42.7 Å². The Morgan fingerprint density at radius 3 is 2.58 bits per heavy atom. The van der Waals surface area contributed by atoms with Crippen LogP contribution in [0, 0.1) is 0 Å². The summed E-state index contributed by atoms with van der Waals surface area (Å²) in [5.74, 6) is -0.449. The lowest BCUT2D eigenvalue weighted by atomic mass is 10.2. The van der Waals surface area contributed by atoms with Gasteiger partial charge in [-0.15, -0.1) is 0 Å². The van der Waals surface area contributed by atoms with Crippen molar-refractivity contribution >= 4 is 39.1 Å². The van der Waals surface area contributed by atoms with Gasteiger partial charge in [0.15, 0.2) is 0 Å².